The van der Waals surface area contributed by atoms with Crippen LogP contribution in [0.25, 0.3) is 0 Å². The summed E-state index contributed by atoms with van der Waals surface area (Å²) in [6, 6.07) is 0. The molecule has 4 atom stereocenters. The first kappa shape index (κ1) is 21.0. The molecule has 4 unspecified atom stereocenters. The summed E-state index contributed by atoms with van der Waals surface area (Å²) in [5, 5.41) is 0. The van der Waals surface area contributed by atoms with Gasteiger partial charge in [-0.05, 0) is 74.5 Å². The molecule has 0 aromatic heterocycles. The van der Waals surface area contributed by atoms with Crippen molar-refractivity contribution in [1.82, 2.24) is 0 Å². The summed E-state index contributed by atoms with van der Waals surface area (Å²) in [6.45, 7) is 6.87. The number of halogens is 4. The van der Waals surface area contributed by atoms with Gasteiger partial charge in [-0.3, -0.25) is 4.74 Å². The van der Waals surface area contributed by atoms with Crippen molar-refractivity contribution < 1.29 is 22.3 Å². The molecule has 0 radical (unpaired) electrons. The van der Waals surface area contributed by atoms with Crippen LogP contribution in [0.1, 0.15) is 78.6 Å². The van der Waals surface area contributed by atoms with Crippen molar-refractivity contribution in [2.75, 3.05) is 0 Å². The summed E-state index contributed by atoms with van der Waals surface area (Å²) in [6.07, 6.45) is 0.734. The first-order valence-electron chi connectivity index (χ1n) is 10.0. The van der Waals surface area contributed by atoms with Crippen LogP contribution in [0.15, 0.2) is 0 Å². The largest absolute Gasteiger partial charge is 0.522 e. The molecule has 2 saturated carbocycles. The fourth-order valence-electron chi connectivity index (χ4n) is 4.87. The Bertz CT molecular complexity index is 388. The van der Waals surface area contributed by atoms with Crippen molar-refractivity contribution in [2.45, 2.75) is 97.2 Å². The van der Waals surface area contributed by atoms with Gasteiger partial charge in [-0.25, -0.2) is 4.39 Å². The Kier molecular flexibility index (Phi) is 7.60. The van der Waals surface area contributed by atoms with Gasteiger partial charge in [0.25, 0.3) is 0 Å². The van der Waals surface area contributed by atoms with Crippen LogP contribution in [0.5, 0.6) is 0 Å². The van der Waals surface area contributed by atoms with Crippen molar-refractivity contribution in [2.24, 2.45) is 29.6 Å². The summed E-state index contributed by atoms with van der Waals surface area (Å²) in [4.78, 5) is 0. The lowest BCUT2D eigenvalue weighted by Gasteiger charge is -2.40. The number of hydrogen-bond acceptors (Lipinski definition) is 1. The van der Waals surface area contributed by atoms with Crippen LogP contribution in [0.3, 0.4) is 0 Å². The minimum Gasteiger partial charge on any atom is -0.286 e. The highest BCUT2D eigenvalue weighted by atomic mass is 19.4. The smallest absolute Gasteiger partial charge is 0.286 e. The normalized spacial score (nSPS) is 35.8. The number of alkyl halides is 4. The summed E-state index contributed by atoms with van der Waals surface area (Å²) in [7, 11) is 0. The van der Waals surface area contributed by atoms with E-state index < -0.39 is 18.6 Å². The molecule has 2 aliphatic carbocycles. The van der Waals surface area contributed by atoms with Gasteiger partial charge in [0.15, 0.2) is 0 Å². The number of rotatable bonds is 6. The molecule has 2 aliphatic rings. The fourth-order valence-corrected chi connectivity index (χ4v) is 4.87. The topological polar surface area (TPSA) is 9.23 Å². The van der Waals surface area contributed by atoms with Gasteiger partial charge in [-0.2, -0.15) is 0 Å². The summed E-state index contributed by atoms with van der Waals surface area (Å²) >= 11 is 0. The van der Waals surface area contributed by atoms with Crippen molar-refractivity contribution in [3.8, 4) is 0 Å². The molecule has 2 rings (SSSR count). The van der Waals surface area contributed by atoms with E-state index in [2.05, 4.69) is 25.5 Å². The minimum atomic E-state index is -4.73. The van der Waals surface area contributed by atoms with E-state index in [4.69, 9.17) is 0 Å². The maximum absolute atomic E-state index is 14.1. The highest BCUT2D eigenvalue weighted by molar-refractivity contribution is 4.87. The van der Waals surface area contributed by atoms with Crippen molar-refractivity contribution in [3.05, 3.63) is 0 Å². The molecule has 148 valence electrons. The third-order valence-electron chi connectivity index (χ3n) is 6.53. The average Bonchev–Trinajstić information content (AvgIpc) is 2.53. The fraction of sp³-hybridized carbons (Fsp3) is 1.00. The molecule has 0 aromatic carbocycles. The SMILES string of the molecule is CC(C)CCC(C)C1CCC(C2CCC(OC(F)(F)F)C(F)C2)CC1. The van der Waals surface area contributed by atoms with Crippen LogP contribution in [0, 0.1) is 29.6 Å². The monoisotopic (exact) mass is 366 g/mol. The first-order chi connectivity index (χ1) is 11.7. The van der Waals surface area contributed by atoms with E-state index in [9.17, 15) is 17.6 Å². The maximum Gasteiger partial charge on any atom is 0.522 e. The van der Waals surface area contributed by atoms with E-state index in [1.807, 2.05) is 0 Å². The summed E-state index contributed by atoms with van der Waals surface area (Å²) in [5.74, 6) is 2.97. The molecule has 0 aromatic rings. The molecule has 0 saturated heterocycles. The lowest BCUT2D eigenvalue weighted by molar-refractivity contribution is -0.352. The molecule has 0 N–H and O–H groups in total. The molecule has 0 amide bonds. The predicted molar refractivity (Wildman–Crippen MR) is 91.8 cm³/mol. The zero-order chi connectivity index (χ0) is 18.6. The van der Waals surface area contributed by atoms with Crippen LogP contribution < -0.4 is 0 Å². The third-order valence-corrected chi connectivity index (χ3v) is 6.53. The van der Waals surface area contributed by atoms with Crippen LogP contribution >= 0.6 is 0 Å². The van der Waals surface area contributed by atoms with Gasteiger partial charge in [0, 0.05) is 0 Å². The van der Waals surface area contributed by atoms with E-state index in [0.29, 0.717) is 12.3 Å². The zero-order valence-corrected chi connectivity index (χ0v) is 15.8. The molecular weight excluding hydrogens is 332 g/mol. The van der Waals surface area contributed by atoms with Crippen LogP contribution in [-0.2, 0) is 4.74 Å². The van der Waals surface area contributed by atoms with Crippen LogP contribution in [0.4, 0.5) is 17.6 Å². The summed E-state index contributed by atoms with van der Waals surface area (Å²) in [5.41, 5.74) is 0. The zero-order valence-electron chi connectivity index (χ0n) is 15.8. The molecule has 0 aliphatic heterocycles. The molecule has 0 heterocycles. The first-order valence-corrected chi connectivity index (χ1v) is 10.0. The van der Waals surface area contributed by atoms with Crippen LogP contribution in [-0.4, -0.2) is 18.6 Å². The molecular formula is C20H34F4O. The second-order valence-electron chi connectivity index (χ2n) is 8.81. The van der Waals surface area contributed by atoms with Crippen molar-refractivity contribution in [1.29, 1.82) is 0 Å². The third kappa shape index (κ3) is 6.73. The van der Waals surface area contributed by atoms with Gasteiger partial charge in [0.2, 0.25) is 0 Å². The quantitative estimate of drug-likeness (QED) is 0.464. The highest BCUT2D eigenvalue weighted by Gasteiger charge is 2.42. The van der Waals surface area contributed by atoms with Crippen molar-refractivity contribution >= 4 is 0 Å². The van der Waals surface area contributed by atoms with E-state index in [1.54, 1.807) is 0 Å². The van der Waals surface area contributed by atoms with Gasteiger partial charge in [0.05, 0.1) is 6.10 Å². The van der Waals surface area contributed by atoms with Crippen LogP contribution in [0.2, 0.25) is 0 Å². The van der Waals surface area contributed by atoms with Gasteiger partial charge in [-0.1, -0.05) is 33.6 Å². The number of hydrogen-bond donors (Lipinski definition) is 0. The second-order valence-corrected chi connectivity index (χ2v) is 8.81. The molecule has 5 heteroatoms. The Labute approximate surface area is 149 Å². The molecule has 25 heavy (non-hydrogen) atoms. The highest BCUT2D eigenvalue weighted by Crippen LogP contribution is 2.44. The Morgan fingerprint density at radius 1 is 0.880 bits per heavy atom. The Balaban J connectivity index is 1.74. The van der Waals surface area contributed by atoms with E-state index in [-0.39, 0.29) is 18.8 Å². The molecule has 0 spiro atoms. The lowest BCUT2D eigenvalue weighted by atomic mass is 9.67. The van der Waals surface area contributed by atoms with Crippen molar-refractivity contribution in [3.63, 3.8) is 0 Å². The number of ether oxygens (including phenoxy) is 1. The van der Waals surface area contributed by atoms with Gasteiger partial charge >= 0.3 is 6.36 Å². The maximum atomic E-state index is 14.1. The molecule has 2 fully saturated rings. The summed E-state index contributed by atoms with van der Waals surface area (Å²) < 4.78 is 55.0. The second kappa shape index (κ2) is 9.05. The average molecular weight is 366 g/mol. The molecule has 1 nitrogen and oxygen atoms in total. The minimum absolute atomic E-state index is 0.191. The Morgan fingerprint density at radius 2 is 1.48 bits per heavy atom. The Morgan fingerprint density at radius 3 is 2.00 bits per heavy atom. The standard InChI is InChI=1S/C20H34F4O/c1-13(2)4-5-14(3)15-6-8-16(9-7-15)17-10-11-19(18(21)12-17)25-20(22,23)24/h13-19H,4-12H2,1-3H3. The lowest BCUT2D eigenvalue weighted by Crippen LogP contribution is -2.39. The van der Waals surface area contributed by atoms with Gasteiger partial charge in [0.1, 0.15) is 6.17 Å². The van der Waals surface area contributed by atoms with Gasteiger partial charge in [-0.15, -0.1) is 13.2 Å². The van der Waals surface area contributed by atoms with E-state index in [1.165, 1.54) is 25.7 Å². The molecule has 0 bridgehead atoms. The van der Waals surface area contributed by atoms with E-state index >= 15 is 0 Å². The predicted octanol–water partition coefficient (Wildman–Crippen LogP) is 6.91. The van der Waals surface area contributed by atoms with E-state index in [0.717, 1.165) is 30.6 Å². The Hall–Kier alpha value is -0.320. The van der Waals surface area contributed by atoms with Gasteiger partial charge < -0.3 is 0 Å².